The van der Waals surface area contributed by atoms with Crippen molar-refractivity contribution >= 4 is 5.97 Å². The molecule has 4 heteroatoms. The van der Waals surface area contributed by atoms with Gasteiger partial charge in [-0.2, -0.15) is 0 Å². The lowest BCUT2D eigenvalue weighted by molar-refractivity contribution is -0.136. The Morgan fingerprint density at radius 3 is 2.92 bits per heavy atom. The number of carboxylic acid groups (broad SMARTS) is 1. The largest absolute Gasteiger partial charge is 0.495 e. The zero-order valence-electron chi connectivity index (χ0n) is 7.57. The molecule has 0 unspecified atom stereocenters. The van der Waals surface area contributed by atoms with Crippen LogP contribution in [0.5, 0.6) is 5.75 Å². The molecule has 13 heavy (non-hydrogen) atoms. The number of methoxy groups -OCH3 is 1. The lowest BCUT2D eigenvalue weighted by atomic mass is 10.2. The van der Waals surface area contributed by atoms with Crippen LogP contribution in [0.4, 0.5) is 0 Å². The molecule has 0 aliphatic rings. The van der Waals surface area contributed by atoms with Gasteiger partial charge in [0.15, 0.2) is 0 Å². The third-order valence-corrected chi connectivity index (χ3v) is 1.61. The first-order valence-electron chi connectivity index (χ1n) is 3.85. The average molecular weight is 181 g/mol. The second-order valence-electron chi connectivity index (χ2n) is 2.73. The molecule has 0 aliphatic carbocycles. The molecular formula is C9H11NO3. The molecule has 1 heterocycles. The molecule has 1 aromatic rings. The first-order valence-corrected chi connectivity index (χ1v) is 3.85. The molecule has 0 fully saturated rings. The first kappa shape index (κ1) is 9.51. The molecule has 0 atom stereocenters. The van der Waals surface area contributed by atoms with E-state index in [1.165, 1.54) is 7.11 Å². The average Bonchev–Trinajstić information content (AvgIpc) is 2.07. The van der Waals surface area contributed by atoms with E-state index in [2.05, 4.69) is 4.98 Å². The SMILES string of the molecule is COc1cc(C)cnc1CC(=O)O. The van der Waals surface area contributed by atoms with E-state index in [-0.39, 0.29) is 6.42 Å². The van der Waals surface area contributed by atoms with E-state index in [0.29, 0.717) is 11.4 Å². The molecule has 0 amide bonds. The molecule has 0 saturated heterocycles. The summed E-state index contributed by atoms with van der Waals surface area (Å²) in [6.07, 6.45) is 1.52. The summed E-state index contributed by atoms with van der Waals surface area (Å²) in [5.74, 6) is -0.378. The van der Waals surface area contributed by atoms with Crippen LogP contribution in [0.2, 0.25) is 0 Å². The van der Waals surface area contributed by atoms with Crippen LogP contribution in [-0.4, -0.2) is 23.2 Å². The number of carboxylic acids is 1. The van der Waals surface area contributed by atoms with Crippen LogP contribution in [0.25, 0.3) is 0 Å². The Morgan fingerprint density at radius 1 is 1.69 bits per heavy atom. The molecule has 1 N–H and O–H groups in total. The van der Waals surface area contributed by atoms with Gasteiger partial charge in [0.2, 0.25) is 0 Å². The maximum Gasteiger partial charge on any atom is 0.309 e. The van der Waals surface area contributed by atoms with E-state index in [9.17, 15) is 4.79 Å². The lowest BCUT2D eigenvalue weighted by Gasteiger charge is -2.05. The summed E-state index contributed by atoms with van der Waals surface area (Å²) in [6.45, 7) is 1.88. The summed E-state index contributed by atoms with van der Waals surface area (Å²) in [5.41, 5.74) is 1.41. The van der Waals surface area contributed by atoms with Gasteiger partial charge in [0.25, 0.3) is 0 Å². The Hall–Kier alpha value is -1.58. The highest BCUT2D eigenvalue weighted by molar-refractivity contribution is 5.70. The van der Waals surface area contributed by atoms with Crippen molar-refractivity contribution < 1.29 is 14.6 Å². The molecule has 0 saturated carbocycles. The highest BCUT2D eigenvalue weighted by Gasteiger charge is 2.08. The normalized spacial score (nSPS) is 9.69. The maximum atomic E-state index is 10.4. The summed E-state index contributed by atoms with van der Waals surface area (Å²) < 4.78 is 5.00. The van der Waals surface area contributed by atoms with E-state index in [1.54, 1.807) is 12.3 Å². The van der Waals surface area contributed by atoms with Crippen molar-refractivity contribution in [2.45, 2.75) is 13.3 Å². The Balaban J connectivity index is 2.99. The first-order chi connectivity index (χ1) is 6.13. The van der Waals surface area contributed by atoms with Gasteiger partial charge in [-0.3, -0.25) is 9.78 Å². The smallest absolute Gasteiger partial charge is 0.309 e. The predicted octanol–water partition coefficient (Wildman–Crippen LogP) is 1.03. The number of hydrogen-bond donors (Lipinski definition) is 1. The minimum absolute atomic E-state index is 0.108. The van der Waals surface area contributed by atoms with Crippen molar-refractivity contribution in [1.82, 2.24) is 4.98 Å². The highest BCUT2D eigenvalue weighted by Crippen LogP contribution is 2.17. The zero-order valence-corrected chi connectivity index (χ0v) is 7.57. The second kappa shape index (κ2) is 3.89. The minimum Gasteiger partial charge on any atom is -0.495 e. The van der Waals surface area contributed by atoms with Crippen molar-refractivity contribution in [1.29, 1.82) is 0 Å². The van der Waals surface area contributed by atoms with E-state index in [0.717, 1.165) is 5.56 Å². The minimum atomic E-state index is -0.908. The van der Waals surface area contributed by atoms with E-state index >= 15 is 0 Å². The van der Waals surface area contributed by atoms with Gasteiger partial charge in [0.05, 0.1) is 19.2 Å². The Bertz CT molecular complexity index is 323. The molecule has 4 nitrogen and oxygen atoms in total. The number of pyridine rings is 1. The number of carbonyl (C=O) groups is 1. The summed E-state index contributed by atoms with van der Waals surface area (Å²) in [6, 6.07) is 1.77. The van der Waals surface area contributed by atoms with Gasteiger partial charge in [-0.25, -0.2) is 0 Å². The summed E-state index contributed by atoms with van der Waals surface area (Å²) in [5, 5.41) is 8.56. The number of nitrogens with zero attached hydrogens (tertiary/aromatic N) is 1. The number of aromatic nitrogens is 1. The standard InChI is InChI=1S/C9H11NO3/c1-6-3-8(13-2)7(10-5-6)4-9(11)12/h3,5H,4H2,1-2H3,(H,11,12). The number of aliphatic carboxylic acids is 1. The predicted molar refractivity (Wildman–Crippen MR) is 46.9 cm³/mol. The number of aryl methyl sites for hydroxylation is 1. The molecular weight excluding hydrogens is 170 g/mol. The van der Waals surface area contributed by atoms with Gasteiger partial charge >= 0.3 is 5.97 Å². The molecule has 70 valence electrons. The third-order valence-electron chi connectivity index (χ3n) is 1.61. The van der Waals surface area contributed by atoms with Gasteiger partial charge in [-0.05, 0) is 18.6 Å². The summed E-state index contributed by atoms with van der Waals surface area (Å²) in [4.78, 5) is 14.4. The van der Waals surface area contributed by atoms with Crippen LogP contribution in [-0.2, 0) is 11.2 Å². The lowest BCUT2D eigenvalue weighted by Crippen LogP contribution is -2.04. The van der Waals surface area contributed by atoms with E-state index in [1.807, 2.05) is 6.92 Å². The molecule has 0 radical (unpaired) electrons. The van der Waals surface area contributed by atoms with Crippen molar-refractivity contribution in [3.63, 3.8) is 0 Å². The molecule has 0 aliphatic heterocycles. The Labute approximate surface area is 76.2 Å². The maximum absolute atomic E-state index is 10.4. The Kier molecular flexibility index (Phi) is 2.84. The van der Waals surface area contributed by atoms with Crippen molar-refractivity contribution in [2.75, 3.05) is 7.11 Å². The third kappa shape index (κ3) is 2.43. The van der Waals surface area contributed by atoms with Gasteiger partial charge in [0.1, 0.15) is 5.75 Å². The van der Waals surface area contributed by atoms with Crippen LogP contribution in [0, 0.1) is 6.92 Å². The van der Waals surface area contributed by atoms with Crippen LogP contribution in [0.1, 0.15) is 11.3 Å². The van der Waals surface area contributed by atoms with Crippen LogP contribution < -0.4 is 4.74 Å². The zero-order chi connectivity index (χ0) is 9.84. The molecule has 0 bridgehead atoms. The van der Waals surface area contributed by atoms with Crippen molar-refractivity contribution in [3.05, 3.63) is 23.5 Å². The van der Waals surface area contributed by atoms with Crippen molar-refractivity contribution in [2.24, 2.45) is 0 Å². The Morgan fingerprint density at radius 2 is 2.38 bits per heavy atom. The number of hydrogen-bond acceptors (Lipinski definition) is 3. The highest BCUT2D eigenvalue weighted by atomic mass is 16.5. The monoisotopic (exact) mass is 181 g/mol. The van der Waals surface area contributed by atoms with E-state index in [4.69, 9.17) is 9.84 Å². The van der Waals surface area contributed by atoms with Crippen LogP contribution >= 0.6 is 0 Å². The van der Waals surface area contributed by atoms with Gasteiger partial charge in [-0.15, -0.1) is 0 Å². The fourth-order valence-electron chi connectivity index (χ4n) is 1.02. The van der Waals surface area contributed by atoms with Crippen molar-refractivity contribution in [3.8, 4) is 5.75 Å². The van der Waals surface area contributed by atoms with Crippen LogP contribution in [0.15, 0.2) is 12.3 Å². The van der Waals surface area contributed by atoms with E-state index < -0.39 is 5.97 Å². The molecule has 0 aromatic carbocycles. The second-order valence-corrected chi connectivity index (χ2v) is 2.73. The molecule has 1 rings (SSSR count). The van der Waals surface area contributed by atoms with Crippen LogP contribution in [0.3, 0.4) is 0 Å². The fourth-order valence-corrected chi connectivity index (χ4v) is 1.02. The quantitative estimate of drug-likeness (QED) is 0.756. The molecule has 0 spiro atoms. The summed E-state index contributed by atoms with van der Waals surface area (Å²) in [7, 11) is 1.50. The topological polar surface area (TPSA) is 59.4 Å². The fraction of sp³-hybridized carbons (Fsp3) is 0.333. The number of ether oxygens (including phenoxy) is 1. The summed E-state index contributed by atoms with van der Waals surface area (Å²) >= 11 is 0. The van der Waals surface area contributed by atoms with Gasteiger partial charge < -0.3 is 9.84 Å². The number of rotatable bonds is 3. The van der Waals surface area contributed by atoms with Gasteiger partial charge in [0, 0.05) is 6.20 Å². The van der Waals surface area contributed by atoms with Gasteiger partial charge in [-0.1, -0.05) is 0 Å². The molecule has 1 aromatic heterocycles.